The number of aromatic hydroxyl groups is 1. The first-order valence-corrected chi connectivity index (χ1v) is 16.3. The van der Waals surface area contributed by atoms with E-state index in [0.29, 0.717) is 36.5 Å². The first kappa shape index (κ1) is 31.1. The highest BCUT2D eigenvalue weighted by molar-refractivity contribution is 6.00. The molecule has 3 aliphatic rings. The Balaban J connectivity index is 1.33. The van der Waals surface area contributed by atoms with Crippen LogP contribution in [0, 0.1) is 5.82 Å². The molecule has 0 spiro atoms. The van der Waals surface area contributed by atoms with Crippen LogP contribution in [0.3, 0.4) is 0 Å². The number of aromatic nitrogens is 3. The van der Waals surface area contributed by atoms with Crippen molar-refractivity contribution in [1.29, 1.82) is 0 Å². The number of hydrogen-bond acceptors (Lipinski definition) is 9. The summed E-state index contributed by atoms with van der Waals surface area (Å²) in [4.78, 5) is 33.7. The van der Waals surface area contributed by atoms with E-state index >= 15 is 4.39 Å². The molecule has 3 fully saturated rings. The lowest BCUT2D eigenvalue weighted by atomic mass is 9.95. The van der Waals surface area contributed by atoms with Gasteiger partial charge < -0.3 is 24.4 Å². The Morgan fingerprint density at radius 1 is 1.19 bits per heavy atom. The number of likely N-dealkylation sites (N-methyl/N-ethyl adjacent to an activating group) is 1. The number of carbonyl (C=O) groups excluding carboxylic acids is 1. The number of ether oxygens (including phenoxy) is 2. The normalized spacial score (nSPS) is 23.1. The quantitative estimate of drug-likeness (QED) is 0.243. The zero-order valence-electron chi connectivity index (χ0n) is 27.4. The summed E-state index contributed by atoms with van der Waals surface area (Å²) in [5.41, 5.74) is -0.710. The maximum absolute atomic E-state index is 16.8. The second kappa shape index (κ2) is 11.6. The average Bonchev–Trinajstić information content (AvgIpc) is 3.55. The van der Waals surface area contributed by atoms with Gasteiger partial charge in [0.25, 0.3) is 0 Å². The van der Waals surface area contributed by atoms with Crippen molar-refractivity contribution in [3.05, 3.63) is 61.1 Å². The van der Waals surface area contributed by atoms with Crippen molar-refractivity contribution in [2.45, 2.75) is 69.7 Å². The van der Waals surface area contributed by atoms with Crippen LogP contribution < -0.4 is 9.64 Å². The third-order valence-corrected chi connectivity index (χ3v) is 9.74. The zero-order chi connectivity index (χ0) is 33.1. The van der Waals surface area contributed by atoms with Gasteiger partial charge in [-0.3, -0.25) is 9.88 Å². The van der Waals surface area contributed by atoms with Gasteiger partial charge in [-0.05, 0) is 83.0 Å². The number of piperazine rings is 1. The molecule has 3 saturated heterocycles. The maximum atomic E-state index is 16.8. The van der Waals surface area contributed by atoms with E-state index in [4.69, 9.17) is 14.5 Å². The maximum Gasteiger partial charge on any atom is 0.411 e. The van der Waals surface area contributed by atoms with Crippen molar-refractivity contribution in [2.24, 2.45) is 0 Å². The number of hydrogen-bond donors (Lipinski definition) is 1. The average molecular weight is 641 g/mol. The number of likely N-dealkylation sites (tertiary alicyclic amines) is 1. The predicted molar refractivity (Wildman–Crippen MR) is 179 cm³/mol. The van der Waals surface area contributed by atoms with Crippen LogP contribution in [0.1, 0.15) is 46.5 Å². The van der Waals surface area contributed by atoms with E-state index in [0.717, 1.165) is 43.0 Å². The number of pyridine rings is 1. The summed E-state index contributed by atoms with van der Waals surface area (Å²) in [5, 5.41) is 12.5. The zero-order valence-corrected chi connectivity index (χ0v) is 27.4. The van der Waals surface area contributed by atoms with E-state index in [2.05, 4.69) is 33.4 Å². The summed E-state index contributed by atoms with van der Waals surface area (Å²) in [6.45, 7) is 11.9. The van der Waals surface area contributed by atoms with Crippen molar-refractivity contribution >= 4 is 33.6 Å². The molecule has 0 saturated carbocycles. The van der Waals surface area contributed by atoms with E-state index in [1.165, 1.54) is 6.07 Å². The molecule has 4 aromatic rings. The van der Waals surface area contributed by atoms with Crippen LogP contribution in [0.4, 0.5) is 15.0 Å². The fraction of sp³-hybridized carbons (Fsp3) is 0.444. The molecular formula is C36H41FN6O4. The van der Waals surface area contributed by atoms with Crippen LogP contribution in [0.15, 0.2) is 55.3 Å². The number of halogens is 1. The molecule has 7 rings (SSSR count). The van der Waals surface area contributed by atoms with Gasteiger partial charge >= 0.3 is 12.1 Å². The van der Waals surface area contributed by atoms with Crippen LogP contribution >= 0.6 is 0 Å². The number of carbonyl (C=O) groups is 1. The summed E-state index contributed by atoms with van der Waals surface area (Å²) in [6.07, 6.45) is 6.63. The van der Waals surface area contributed by atoms with Crippen LogP contribution in [0.5, 0.6) is 11.8 Å². The molecule has 11 heteroatoms. The molecule has 0 aliphatic carbocycles. The molecular weight excluding hydrogens is 599 g/mol. The molecule has 246 valence electrons. The Hall–Kier alpha value is -4.51. The van der Waals surface area contributed by atoms with E-state index in [-0.39, 0.29) is 41.1 Å². The molecule has 5 heterocycles. The van der Waals surface area contributed by atoms with Gasteiger partial charge in [-0.25, -0.2) is 9.18 Å². The third-order valence-electron chi connectivity index (χ3n) is 9.74. The van der Waals surface area contributed by atoms with Crippen LogP contribution in [0.2, 0.25) is 0 Å². The number of rotatable bonds is 6. The molecule has 1 amide bonds. The van der Waals surface area contributed by atoms with Gasteiger partial charge in [0, 0.05) is 30.9 Å². The molecule has 3 aliphatic heterocycles. The summed E-state index contributed by atoms with van der Waals surface area (Å²) in [5.74, 6) is -0.120. The molecule has 2 aromatic carbocycles. The van der Waals surface area contributed by atoms with Gasteiger partial charge in [0.15, 0.2) is 5.82 Å². The van der Waals surface area contributed by atoms with Crippen LogP contribution in [-0.2, 0) is 4.74 Å². The number of fused-ring (bicyclic) bond motifs is 4. The van der Waals surface area contributed by atoms with Crippen LogP contribution in [-0.4, -0.2) is 92.5 Å². The fourth-order valence-electron chi connectivity index (χ4n) is 7.44. The first-order valence-electron chi connectivity index (χ1n) is 16.3. The van der Waals surface area contributed by atoms with Crippen LogP contribution in [0.25, 0.3) is 32.9 Å². The Morgan fingerprint density at radius 2 is 2.00 bits per heavy atom. The largest absolute Gasteiger partial charge is 0.508 e. The number of nitrogens with zero attached hydrogens (tertiary/aromatic N) is 6. The minimum Gasteiger partial charge on any atom is -0.508 e. The van der Waals surface area contributed by atoms with E-state index in [1.54, 1.807) is 12.3 Å². The predicted octanol–water partition coefficient (Wildman–Crippen LogP) is 6.31. The highest BCUT2D eigenvalue weighted by Crippen LogP contribution is 2.44. The monoisotopic (exact) mass is 640 g/mol. The number of phenolic OH excluding ortho intramolecular Hbond substituents is 1. The molecule has 10 nitrogen and oxygen atoms in total. The van der Waals surface area contributed by atoms with Crippen molar-refractivity contribution in [1.82, 2.24) is 24.8 Å². The molecule has 0 radical (unpaired) electrons. The number of phenols is 1. The van der Waals surface area contributed by atoms with Crippen molar-refractivity contribution in [3.8, 4) is 23.0 Å². The van der Waals surface area contributed by atoms with E-state index < -0.39 is 17.0 Å². The molecule has 2 unspecified atom stereocenters. The summed E-state index contributed by atoms with van der Waals surface area (Å²) in [6, 6.07) is 10.8. The minimum atomic E-state index is -0.692. The number of anilines is 1. The number of benzene rings is 2. The third kappa shape index (κ3) is 5.60. The van der Waals surface area contributed by atoms with E-state index in [1.807, 2.05) is 56.0 Å². The lowest BCUT2D eigenvalue weighted by molar-refractivity contribution is 0.00222. The van der Waals surface area contributed by atoms with Crippen molar-refractivity contribution in [2.75, 3.05) is 38.2 Å². The molecule has 2 bridgehead atoms. The second-order valence-corrected chi connectivity index (χ2v) is 14.0. The summed E-state index contributed by atoms with van der Waals surface area (Å²) < 4.78 is 28.8. The van der Waals surface area contributed by atoms with E-state index in [9.17, 15) is 9.90 Å². The topological polar surface area (TPSA) is 104 Å². The minimum absolute atomic E-state index is 0.0149. The van der Waals surface area contributed by atoms with Gasteiger partial charge in [-0.1, -0.05) is 30.3 Å². The Labute approximate surface area is 273 Å². The fourth-order valence-corrected chi connectivity index (χ4v) is 7.44. The summed E-state index contributed by atoms with van der Waals surface area (Å²) >= 11 is 0. The first-order chi connectivity index (χ1) is 22.5. The SMILES string of the molecule is C=CC12CCC(CN(c3nc(OC[C@@H]4CCCN4C)nc4c(F)c(-c5cc(O)cc6ccccc56)ncc34)C1)N2C(=O)OC(C)(C)C. The molecule has 2 aromatic heterocycles. The highest BCUT2D eigenvalue weighted by atomic mass is 19.1. The van der Waals surface area contributed by atoms with Gasteiger partial charge in [0.1, 0.15) is 35.0 Å². The lowest BCUT2D eigenvalue weighted by Crippen LogP contribution is -2.63. The smallest absolute Gasteiger partial charge is 0.411 e. The van der Waals surface area contributed by atoms with Gasteiger partial charge in [-0.2, -0.15) is 9.97 Å². The molecule has 3 atom stereocenters. The Kier molecular flexibility index (Phi) is 7.69. The van der Waals surface area contributed by atoms with Gasteiger partial charge in [-0.15, -0.1) is 6.58 Å². The lowest BCUT2D eigenvalue weighted by Gasteiger charge is -2.48. The van der Waals surface area contributed by atoms with Crippen molar-refractivity contribution < 1.29 is 23.8 Å². The summed E-state index contributed by atoms with van der Waals surface area (Å²) in [7, 11) is 2.07. The second-order valence-electron chi connectivity index (χ2n) is 14.0. The standard InChI is InChI=1S/C36H41FN6O4/c1-6-36-14-13-23(43(36)34(45)47-35(2,3)4)19-42(21-36)32-28-18-38-30(27-17-25(44)16-22-10-7-8-12-26(22)27)29(37)31(28)39-33(40-32)46-20-24-11-9-15-41(24)5/h6-8,10,12,16-18,23-24,44H,1,9,11,13-15,19-21H2,2-5H3/t23?,24-,36?/m0/s1. The Bertz CT molecular complexity index is 1880. The highest BCUT2D eigenvalue weighted by Gasteiger charge is 2.53. The molecule has 47 heavy (non-hydrogen) atoms. The Morgan fingerprint density at radius 3 is 2.74 bits per heavy atom. The number of amides is 1. The van der Waals surface area contributed by atoms with Gasteiger partial charge in [0.2, 0.25) is 0 Å². The van der Waals surface area contributed by atoms with Crippen molar-refractivity contribution in [3.63, 3.8) is 0 Å². The van der Waals surface area contributed by atoms with Gasteiger partial charge in [0.05, 0.1) is 17.0 Å². The molecule has 1 N–H and O–H groups in total.